The van der Waals surface area contributed by atoms with Crippen LogP contribution in [0.2, 0.25) is 0 Å². The van der Waals surface area contributed by atoms with Gasteiger partial charge in [0.15, 0.2) is 0 Å². The van der Waals surface area contributed by atoms with Gasteiger partial charge in [-0.3, -0.25) is 0 Å². The minimum atomic E-state index is 0.705. The van der Waals surface area contributed by atoms with E-state index in [1.807, 2.05) is 12.3 Å². The Balaban J connectivity index is 1.93. The van der Waals surface area contributed by atoms with E-state index in [1.165, 1.54) is 30.5 Å². The highest BCUT2D eigenvalue weighted by molar-refractivity contribution is 9.10. The van der Waals surface area contributed by atoms with Crippen LogP contribution in [-0.2, 0) is 0 Å². The molecule has 0 aromatic carbocycles. The first-order valence-electron chi connectivity index (χ1n) is 5.87. The van der Waals surface area contributed by atoms with Crippen molar-refractivity contribution in [2.24, 2.45) is 11.8 Å². The first-order valence-corrected chi connectivity index (χ1v) is 6.66. The van der Waals surface area contributed by atoms with Gasteiger partial charge >= 0.3 is 0 Å². The van der Waals surface area contributed by atoms with Crippen molar-refractivity contribution in [3.05, 3.63) is 34.6 Å². The quantitative estimate of drug-likeness (QED) is 0.800. The van der Waals surface area contributed by atoms with Gasteiger partial charge in [-0.05, 0) is 58.4 Å². The zero-order chi connectivity index (χ0) is 11.0. The minimum Gasteiger partial charge on any atom is -0.316 e. The molecule has 1 aromatic heterocycles. The van der Waals surface area contributed by atoms with Gasteiger partial charge < -0.3 is 5.32 Å². The highest BCUT2D eigenvalue weighted by atomic mass is 79.9. The van der Waals surface area contributed by atoms with E-state index in [4.69, 9.17) is 0 Å². The summed E-state index contributed by atoms with van der Waals surface area (Å²) in [7, 11) is 0. The molecular formula is C13H15BrN2. The topological polar surface area (TPSA) is 24.9 Å². The van der Waals surface area contributed by atoms with Crippen LogP contribution in [0, 0.1) is 11.8 Å². The molecule has 16 heavy (non-hydrogen) atoms. The van der Waals surface area contributed by atoms with Crippen LogP contribution < -0.4 is 5.32 Å². The second-order valence-electron chi connectivity index (χ2n) is 4.63. The molecule has 0 bridgehead atoms. The molecule has 1 aliphatic heterocycles. The fourth-order valence-corrected chi connectivity index (χ4v) is 3.12. The van der Waals surface area contributed by atoms with Gasteiger partial charge in [-0.15, -0.1) is 0 Å². The Morgan fingerprint density at radius 2 is 2.25 bits per heavy atom. The Morgan fingerprint density at radius 1 is 1.31 bits per heavy atom. The number of aromatic nitrogens is 1. The van der Waals surface area contributed by atoms with Crippen molar-refractivity contribution >= 4 is 21.5 Å². The number of pyridine rings is 1. The minimum absolute atomic E-state index is 0.705. The van der Waals surface area contributed by atoms with Crippen molar-refractivity contribution in [1.29, 1.82) is 0 Å². The molecule has 2 nitrogen and oxygen atoms in total. The Kier molecular flexibility index (Phi) is 2.82. The van der Waals surface area contributed by atoms with Crippen LogP contribution >= 0.6 is 15.9 Å². The number of rotatable bonds is 1. The average Bonchev–Trinajstić information content (AvgIpc) is 2.78. The normalized spacial score (nSPS) is 28.7. The molecule has 0 amide bonds. The maximum Gasteiger partial charge on any atom is 0.106 e. The van der Waals surface area contributed by atoms with E-state index in [0.717, 1.165) is 17.1 Å². The van der Waals surface area contributed by atoms with E-state index in [-0.39, 0.29) is 0 Å². The molecular weight excluding hydrogens is 264 g/mol. The van der Waals surface area contributed by atoms with E-state index < -0.39 is 0 Å². The monoisotopic (exact) mass is 278 g/mol. The molecule has 1 aliphatic carbocycles. The summed E-state index contributed by atoms with van der Waals surface area (Å²) in [5.74, 6) is 1.54. The summed E-state index contributed by atoms with van der Waals surface area (Å²) >= 11 is 3.38. The molecule has 1 N–H and O–H groups in total. The summed E-state index contributed by atoms with van der Waals surface area (Å²) in [6.45, 7) is 2.32. The average molecular weight is 279 g/mol. The van der Waals surface area contributed by atoms with Crippen LogP contribution in [0.5, 0.6) is 0 Å². The lowest BCUT2D eigenvalue weighted by molar-refractivity contribution is 0.454. The number of hydrogen-bond donors (Lipinski definition) is 1. The summed E-state index contributed by atoms with van der Waals surface area (Å²) in [4.78, 5) is 4.32. The molecule has 0 radical (unpaired) electrons. The smallest absolute Gasteiger partial charge is 0.106 e. The lowest BCUT2D eigenvalue weighted by Crippen LogP contribution is -2.17. The van der Waals surface area contributed by atoms with Gasteiger partial charge in [-0.25, -0.2) is 4.98 Å². The van der Waals surface area contributed by atoms with Gasteiger partial charge in [-0.1, -0.05) is 12.1 Å². The zero-order valence-electron chi connectivity index (χ0n) is 9.12. The Hall–Kier alpha value is -0.670. The highest BCUT2D eigenvalue weighted by Gasteiger charge is 2.32. The number of nitrogens with one attached hydrogen (secondary N) is 1. The van der Waals surface area contributed by atoms with Crippen molar-refractivity contribution in [2.45, 2.75) is 12.8 Å². The summed E-state index contributed by atoms with van der Waals surface area (Å²) < 4.78 is 0.911. The molecule has 2 heterocycles. The molecule has 84 valence electrons. The van der Waals surface area contributed by atoms with E-state index in [2.05, 4.69) is 38.4 Å². The Morgan fingerprint density at radius 3 is 3.06 bits per heavy atom. The molecule has 1 aromatic rings. The number of hydrogen-bond acceptors (Lipinski definition) is 2. The molecule has 3 heteroatoms. The predicted molar refractivity (Wildman–Crippen MR) is 69.0 cm³/mol. The number of fused-ring (bicyclic) bond motifs is 1. The number of nitrogens with zero attached hydrogens (tertiary/aromatic N) is 1. The lowest BCUT2D eigenvalue weighted by Gasteiger charge is -2.26. The van der Waals surface area contributed by atoms with Crippen molar-refractivity contribution in [2.75, 3.05) is 13.1 Å². The molecule has 2 atom stereocenters. The fraction of sp³-hybridized carbons (Fsp3) is 0.462. The van der Waals surface area contributed by atoms with Crippen molar-refractivity contribution in [1.82, 2.24) is 10.3 Å². The third kappa shape index (κ3) is 1.82. The van der Waals surface area contributed by atoms with Crippen LogP contribution in [0.3, 0.4) is 0 Å². The fourth-order valence-electron chi connectivity index (χ4n) is 2.88. The van der Waals surface area contributed by atoms with Crippen molar-refractivity contribution < 1.29 is 0 Å². The molecule has 3 rings (SSSR count). The van der Waals surface area contributed by atoms with Crippen LogP contribution in [0.4, 0.5) is 0 Å². The third-order valence-corrected chi connectivity index (χ3v) is 4.17. The second kappa shape index (κ2) is 4.30. The first-order chi connectivity index (χ1) is 7.84. The number of halogens is 1. The highest BCUT2D eigenvalue weighted by Crippen LogP contribution is 2.38. The zero-order valence-corrected chi connectivity index (χ0v) is 10.7. The van der Waals surface area contributed by atoms with Gasteiger partial charge in [0, 0.05) is 18.7 Å². The molecule has 2 aliphatic rings. The van der Waals surface area contributed by atoms with Gasteiger partial charge in [0.2, 0.25) is 0 Å². The summed E-state index contributed by atoms with van der Waals surface area (Å²) in [5.41, 5.74) is 2.79. The van der Waals surface area contributed by atoms with Crippen LogP contribution in [0.1, 0.15) is 18.4 Å². The van der Waals surface area contributed by atoms with Crippen LogP contribution in [0.15, 0.2) is 29.0 Å². The maximum absolute atomic E-state index is 4.32. The number of allylic oxidation sites excluding steroid dienone is 1. The molecule has 1 fully saturated rings. The van der Waals surface area contributed by atoms with Gasteiger partial charge in [-0.2, -0.15) is 0 Å². The van der Waals surface area contributed by atoms with E-state index in [9.17, 15) is 0 Å². The predicted octanol–water partition coefficient (Wildman–Crippen LogP) is 2.86. The van der Waals surface area contributed by atoms with E-state index in [0.29, 0.717) is 5.92 Å². The molecule has 1 saturated heterocycles. The standard InChI is InChI=1S/C13H15BrN2/c14-13-5-4-10(7-16-13)11-3-1-2-9-6-15-8-12(9)11/h3-5,7,9,12,15H,1-2,6,8H2/t9-,12+/m0/s1. The van der Waals surface area contributed by atoms with E-state index >= 15 is 0 Å². The second-order valence-corrected chi connectivity index (χ2v) is 5.44. The van der Waals surface area contributed by atoms with Gasteiger partial charge in [0.25, 0.3) is 0 Å². The first kappa shape index (κ1) is 10.5. The SMILES string of the molecule is Brc1ccc(C2=CCC[C@H]3CNC[C@@H]23)cn1. The largest absolute Gasteiger partial charge is 0.316 e. The van der Waals surface area contributed by atoms with E-state index in [1.54, 1.807) is 0 Å². The van der Waals surface area contributed by atoms with Crippen molar-refractivity contribution in [3.63, 3.8) is 0 Å². The summed E-state index contributed by atoms with van der Waals surface area (Å²) in [6.07, 6.45) is 6.94. The maximum atomic E-state index is 4.32. The Bertz CT molecular complexity index is 410. The lowest BCUT2D eigenvalue weighted by atomic mass is 9.78. The van der Waals surface area contributed by atoms with Gasteiger partial charge in [0.05, 0.1) is 0 Å². The van der Waals surface area contributed by atoms with Crippen LogP contribution in [-0.4, -0.2) is 18.1 Å². The Labute approximate surface area is 104 Å². The summed E-state index contributed by atoms with van der Waals surface area (Å²) in [5, 5.41) is 3.50. The third-order valence-electron chi connectivity index (χ3n) is 3.70. The van der Waals surface area contributed by atoms with Crippen molar-refractivity contribution in [3.8, 4) is 0 Å². The molecule has 0 saturated carbocycles. The summed E-state index contributed by atoms with van der Waals surface area (Å²) in [6, 6.07) is 4.20. The molecule has 0 unspecified atom stereocenters. The van der Waals surface area contributed by atoms with Gasteiger partial charge in [0.1, 0.15) is 4.60 Å². The van der Waals surface area contributed by atoms with Crippen LogP contribution in [0.25, 0.3) is 5.57 Å². The molecule has 0 spiro atoms.